The molecule has 0 aliphatic heterocycles. The van der Waals surface area contributed by atoms with Crippen LogP contribution in [0.2, 0.25) is 0 Å². The largest absolute Gasteiger partial charge is 0.491 e. The summed E-state index contributed by atoms with van der Waals surface area (Å²) in [7, 11) is -3.58. The average Bonchev–Trinajstić information content (AvgIpc) is 2.63. The summed E-state index contributed by atoms with van der Waals surface area (Å²) >= 11 is 0. The molecule has 0 aromatic heterocycles. The molecule has 0 saturated heterocycles. The van der Waals surface area contributed by atoms with E-state index in [0.29, 0.717) is 12.2 Å². The van der Waals surface area contributed by atoms with Gasteiger partial charge >= 0.3 is 0 Å². The highest BCUT2D eigenvalue weighted by Gasteiger charge is 2.20. The molecule has 0 atom stereocenters. The van der Waals surface area contributed by atoms with Crippen LogP contribution in [0.25, 0.3) is 0 Å². The van der Waals surface area contributed by atoms with Gasteiger partial charge in [-0.15, -0.1) is 0 Å². The molecule has 0 bridgehead atoms. The number of nitrogens with zero attached hydrogens (tertiary/aromatic N) is 1. The third-order valence-electron chi connectivity index (χ3n) is 4.08. The third kappa shape index (κ3) is 6.56. The first-order chi connectivity index (χ1) is 13.2. The van der Waals surface area contributed by atoms with E-state index in [1.165, 1.54) is 0 Å². The number of ether oxygens (including phenoxy) is 1. The molecular weight excluding hydrogens is 376 g/mol. The minimum Gasteiger partial charge on any atom is -0.491 e. The second-order valence-electron chi connectivity index (χ2n) is 6.88. The predicted octanol–water partition coefficient (Wildman–Crippen LogP) is 3.12. The Morgan fingerprint density at radius 3 is 2.36 bits per heavy atom. The molecule has 2 aromatic rings. The molecule has 152 valence electrons. The first-order valence-electron chi connectivity index (χ1n) is 9.28. The number of carbonyl (C=O) groups is 1. The van der Waals surface area contributed by atoms with E-state index in [4.69, 9.17) is 4.74 Å². The van der Waals surface area contributed by atoms with Crippen LogP contribution in [0.4, 0.5) is 5.69 Å². The van der Waals surface area contributed by atoms with Gasteiger partial charge in [-0.1, -0.05) is 31.2 Å². The zero-order valence-electron chi connectivity index (χ0n) is 16.8. The predicted molar refractivity (Wildman–Crippen MR) is 112 cm³/mol. The van der Waals surface area contributed by atoms with Crippen LogP contribution in [0, 0.1) is 0 Å². The van der Waals surface area contributed by atoms with Crippen LogP contribution in [0.15, 0.2) is 48.5 Å². The van der Waals surface area contributed by atoms with Crippen molar-refractivity contribution < 1.29 is 17.9 Å². The summed E-state index contributed by atoms with van der Waals surface area (Å²) in [5.41, 5.74) is 2.46. The minimum absolute atomic E-state index is 0.0623. The third-order valence-corrected chi connectivity index (χ3v) is 5.22. The van der Waals surface area contributed by atoms with E-state index >= 15 is 0 Å². The lowest BCUT2D eigenvalue weighted by molar-refractivity contribution is -0.119. The fraction of sp³-hybridized carbons (Fsp3) is 0.381. The Morgan fingerprint density at radius 2 is 1.79 bits per heavy atom. The van der Waals surface area contributed by atoms with E-state index < -0.39 is 10.0 Å². The second kappa shape index (κ2) is 9.59. The van der Waals surface area contributed by atoms with Crippen molar-refractivity contribution in [1.82, 2.24) is 5.32 Å². The Morgan fingerprint density at radius 1 is 1.11 bits per heavy atom. The number of amides is 1. The number of sulfonamides is 1. The van der Waals surface area contributed by atoms with E-state index in [0.717, 1.165) is 33.9 Å². The smallest absolute Gasteiger partial charge is 0.241 e. The molecule has 0 spiro atoms. The maximum atomic E-state index is 12.4. The average molecular weight is 405 g/mol. The lowest BCUT2D eigenvalue weighted by Crippen LogP contribution is -2.40. The standard InChI is InChI=1S/C21H28N2O4S/c1-5-17-9-11-19(12-10-17)23(28(4,25)26)15-21(24)22-14-18-7-6-8-20(13-18)27-16(2)3/h6-13,16H,5,14-15H2,1-4H3,(H,22,24). The van der Waals surface area contributed by atoms with Gasteiger partial charge in [-0.25, -0.2) is 8.42 Å². The summed E-state index contributed by atoms with van der Waals surface area (Å²) in [5.74, 6) is 0.357. The molecule has 0 saturated carbocycles. The summed E-state index contributed by atoms with van der Waals surface area (Å²) in [6.07, 6.45) is 2.02. The second-order valence-corrected chi connectivity index (χ2v) is 8.79. The summed E-state index contributed by atoms with van der Waals surface area (Å²) in [5, 5.41) is 2.77. The highest BCUT2D eigenvalue weighted by Crippen LogP contribution is 2.19. The van der Waals surface area contributed by atoms with Gasteiger partial charge in [0.15, 0.2) is 0 Å². The van der Waals surface area contributed by atoms with Crippen LogP contribution in [0.1, 0.15) is 31.9 Å². The number of aryl methyl sites for hydroxylation is 1. The first-order valence-corrected chi connectivity index (χ1v) is 11.1. The van der Waals surface area contributed by atoms with Crippen molar-refractivity contribution in [3.63, 3.8) is 0 Å². The van der Waals surface area contributed by atoms with E-state index in [2.05, 4.69) is 5.32 Å². The van der Waals surface area contributed by atoms with Crippen molar-refractivity contribution in [2.24, 2.45) is 0 Å². The van der Waals surface area contributed by atoms with Crippen LogP contribution < -0.4 is 14.4 Å². The molecule has 0 aliphatic carbocycles. The number of benzene rings is 2. The Hall–Kier alpha value is -2.54. The van der Waals surface area contributed by atoms with Crippen LogP contribution in [0.5, 0.6) is 5.75 Å². The molecule has 2 aromatic carbocycles. The fourth-order valence-corrected chi connectivity index (χ4v) is 3.54. The lowest BCUT2D eigenvalue weighted by atomic mass is 10.1. The molecule has 0 unspecified atom stereocenters. The summed E-state index contributed by atoms with van der Waals surface area (Å²) in [6.45, 7) is 5.94. The van der Waals surface area contributed by atoms with Crippen molar-refractivity contribution in [3.8, 4) is 5.75 Å². The minimum atomic E-state index is -3.58. The highest BCUT2D eigenvalue weighted by atomic mass is 32.2. The Bertz CT molecular complexity index is 893. The molecule has 28 heavy (non-hydrogen) atoms. The monoisotopic (exact) mass is 404 g/mol. The van der Waals surface area contributed by atoms with Crippen molar-refractivity contribution in [1.29, 1.82) is 0 Å². The van der Waals surface area contributed by atoms with E-state index in [9.17, 15) is 13.2 Å². The Kier molecular flexibility index (Phi) is 7.45. The lowest BCUT2D eigenvalue weighted by Gasteiger charge is -2.22. The SMILES string of the molecule is CCc1ccc(N(CC(=O)NCc2cccc(OC(C)C)c2)S(C)(=O)=O)cc1. The summed E-state index contributed by atoms with van der Waals surface area (Å²) < 4.78 is 31.1. The van der Waals surface area contributed by atoms with Gasteiger partial charge in [-0.2, -0.15) is 0 Å². The van der Waals surface area contributed by atoms with E-state index in [-0.39, 0.29) is 18.6 Å². The Balaban J connectivity index is 2.04. The maximum Gasteiger partial charge on any atom is 0.241 e. The molecule has 0 fully saturated rings. The summed E-state index contributed by atoms with van der Waals surface area (Å²) in [4.78, 5) is 12.4. The molecule has 0 aliphatic rings. The first kappa shape index (κ1) is 21.8. The zero-order valence-corrected chi connectivity index (χ0v) is 17.6. The topological polar surface area (TPSA) is 75.7 Å². The Labute approximate surface area is 167 Å². The molecular formula is C21H28N2O4S. The van der Waals surface area contributed by atoms with Gasteiger partial charge in [-0.05, 0) is 55.7 Å². The molecule has 7 heteroatoms. The highest BCUT2D eigenvalue weighted by molar-refractivity contribution is 7.92. The molecule has 0 radical (unpaired) electrons. The number of rotatable bonds is 9. The molecule has 1 amide bonds. The van der Waals surface area contributed by atoms with Crippen LogP contribution in [-0.2, 0) is 27.8 Å². The molecule has 2 rings (SSSR count). The van der Waals surface area contributed by atoms with Crippen LogP contribution in [-0.4, -0.2) is 33.2 Å². The maximum absolute atomic E-state index is 12.4. The van der Waals surface area contributed by atoms with Gasteiger partial charge in [0.2, 0.25) is 15.9 Å². The van der Waals surface area contributed by atoms with E-state index in [1.807, 2.05) is 57.2 Å². The number of nitrogens with one attached hydrogen (secondary N) is 1. The van der Waals surface area contributed by atoms with E-state index in [1.54, 1.807) is 12.1 Å². The van der Waals surface area contributed by atoms with Crippen molar-refractivity contribution in [2.45, 2.75) is 39.8 Å². The zero-order chi connectivity index (χ0) is 20.7. The number of hydrogen-bond donors (Lipinski definition) is 1. The van der Waals surface area contributed by atoms with Crippen LogP contribution >= 0.6 is 0 Å². The van der Waals surface area contributed by atoms with Crippen molar-refractivity contribution >= 4 is 21.6 Å². The number of carbonyl (C=O) groups excluding carboxylic acids is 1. The van der Waals surface area contributed by atoms with Crippen molar-refractivity contribution in [2.75, 3.05) is 17.1 Å². The van der Waals surface area contributed by atoms with Gasteiger partial charge in [-0.3, -0.25) is 9.10 Å². The van der Waals surface area contributed by atoms with Gasteiger partial charge in [0.1, 0.15) is 12.3 Å². The van der Waals surface area contributed by atoms with Crippen LogP contribution in [0.3, 0.4) is 0 Å². The quantitative estimate of drug-likeness (QED) is 0.697. The van der Waals surface area contributed by atoms with Gasteiger partial charge in [0, 0.05) is 6.54 Å². The van der Waals surface area contributed by atoms with Gasteiger partial charge in [0.25, 0.3) is 0 Å². The molecule has 0 heterocycles. The van der Waals surface area contributed by atoms with Crippen molar-refractivity contribution in [3.05, 3.63) is 59.7 Å². The van der Waals surface area contributed by atoms with Gasteiger partial charge < -0.3 is 10.1 Å². The van der Waals surface area contributed by atoms with Gasteiger partial charge in [0.05, 0.1) is 18.0 Å². The fourth-order valence-electron chi connectivity index (χ4n) is 2.69. The number of anilines is 1. The normalized spacial score (nSPS) is 11.3. The summed E-state index contributed by atoms with van der Waals surface area (Å²) in [6, 6.07) is 14.6. The molecule has 1 N–H and O–H groups in total. The number of hydrogen-bond acceptors (Lipinski definition) is 4. The molecule has 6 nitrogen and oxygen atoms in total.